The normalized spacial score (nSPS) is 13.7. The van der Waals surface area contributed by atoms with E-state index in [0.717, 1.165) is 11.1 Å². The molecule has 126 valence electrons. The van der Waals surface area contributed by atoms with Gasteiger partial charge in [0.1, 0.15) is 0 Å². The topological polar surface area (TPSA) is 55.8 Å². The molecule has 4 rings (SSSR count). The van der Waals surface area contributed by atoms with E-state index < -0.39 is 11.8 Å². The number of ether oxygens (including phenoxy) is 2. The van der Waals surface area contributed by atoms with Crippen LogP contribution in [0, 0.1) is 6.92 Å². The molecule has 3 aromatic rings. The molecule has 1 heterocycles. The molecule has 26 heavy (non-hydrogen) atoms. The number of carboxylic acids is 1. The van der Waals surface area contributed by atoms with Gasteiger partial charge in [-0.3, -0.25) is 0 Å². The molecule has 0 fully saturated rings. The van der Waals surface area contributed by atoms with Crippen LogP contribution in [-0.4, -0.2) is 11.1 Å². The Bertz CT molecular complexity index is 906. The molecule has 0 radical (unpaired) electrons. The summed E-state index contributed by atoms with van der Waals surface area (Å²) < 4.78 is 12.5. The van der Waals surface area contributed by atoms with Crippen molar-refractivity contribution in [2.45, 2.75) is 12.7 Å². The zero-order chi connectivity index (χ0) is 17.4. The Kier molecular flexibility index (Phi) is 4.82. The average Bonchev–Trinajstić information content (AvgIpc) is 3.02. The number of fused-ring (bicyclic) bond motifs is 1. The van der Waals surface area contributed by atoms with Crippen molar-refractivity contribution in [3.05, 3.63) is 95.1 Å². The predicted molar refractivity (Wildman–Crippen MR) is 94.2 cm³/mol. The molecule has 0 unspecified atom stereocenters. The smallest absolute Gasteiger partial charge is 1.00 e. The molecule has 1 aliphatic heterocycles. The Hall–Kier alpha value is -2.67. The summed E-state index contributed by atoms with van der Waals surface area (Å²) in [6, 6.07) is 22.5. The summed E-state index contributed by atoms with van der Waals surface area (Å²) in [6.45, 7) is 1.75. The minimum atomic E-state index is -1.13. The summed E-state index contributed by atoms with van der Waals surface area (Å²) in [4.78, 5) is 11.4. The van der Waals surface area contributed by atoms with Crippen molar-refractivity contribution in [3.63, 3.8) is 0 Å². The van der Waals surface area contributed by atoms with Gasteiger partial charge in [-0.1, -0.05) is 60.7 Å². The Morgan fingerprint density at radius 2 is 1.35 bits per heavy atom. The van der Waals surface area contributed by atoms with Gasteiger partial charge >= 0.3 is 30.6 Å². The van der Waals surface area contributed by atoms with Crippen molar-refractivity contribution in [3.8, 4) is 11.5 Å². The van der Waals surface area contributed by atoms with Gasteiger partial charge in [-0.2, -0.15) is 0 Å². The molecule has 0 spiro atoms. The van der Waals surface area contributed by atoms with Crippen LogP contribution < -0.4 is 28.3 Å². The van der Waals surface area contributed by atoms with Gasteiger partial charge < -0.3 is 16.0 Å². The van der Waals surface area contributed by atoms with Crippen molar-refractivity contribution in [2.75, 3.05) is 0 Å². The van der Waals surface area contributed by atoms with E-state index in [1.165, 1.54) is 6.07 Å². The van der Waals surface area contributed by atoms with E-state index in [2.05, 4.69) is 0 Å². The molecular formula is C21H17LiO4. The van der Waals surface area contributed by atoms with Crippen molar-refractivity contribution in [1.29, 1.82) is 0 Å². The Morgan fingerprint density at radius 1 is 0.885 bits per heavy atom. The van der Waals surface area contributed by atoms with Gasteiger partial charge in [-0.25, -0.2) is 4.79 Å². The molecule has 0 aromatic heterocycles. The van der Waals surface area contributed by atoms with Crippen molar-refractivity contribution in [1.82, 2.24) is 0 Å². The Balaban J connectivity index is 0.00000131. The third-order valence-corrected chi connectivity index (χ3v) is 4.34. The number of hydrogen-bond acceptors (Lipinski definition) is 3. The summed E-state index contributed by atoms with van der Waals surface area (Å²) in [7, 11) is 0. The SMILES string of the molecule is Cc1cc2c(cc1C(=O)O)OC(c1ccccc1)(c1ccccc1)O2.[H-].[Li+]. The van der Waals surface area contributed by atoms with Crippen molar-refractivity contribution >= 4 is 5.97 Å². The third kappa shape index (κ3) is 2.88. The molecule has 0 atom stereocenters. The quantitative estimate of drug-likeness (QED) is 0.734. The average molecular weight is 340 g/mol. The van der Waals surface area contributed by atoms with Crippen molar-refractivity contribution in [2.24, 2.45) is 0 Å². The van der Waals surface area contributed by atoms with E-state index in [1.807, 2.05) is 60.7 Å². The summed E-state index contributed by atoms with van der Waals surface area (Å²) >= 11 is 0. The largest absolute Gasteiger partial charge is 1.00 e. The fraction of sp³-hybridized carbons (Fsp3) is 0.0952. The molecule has 1 N–H and O–H groups in total. The second-order valence-corrected chi connectivity index (χ2v) is 5.97. The molecule has 4 nitrogen and oxygen atoms in total. The van der Waals surface area contributed by atoms with Gasteiger partial charge in [0.25, 0.3) is 0 Å². The molecule has 0 saturated heterocycles. The minimum absolute atomic E-state index is 0. The predicted octanol–water partition coefficient (Wildman–Crippen LogP) is 1.48. The van der Waals surface area contributed by atoms with Gasteiger partial charge in [-0.05, 0) is 24.6 Å². The number of aromatic carboxylic acids is 1. The van der Waals surface area contributed by atoms with Crippen LogP contribution in [0.5, 0.6) is 11.5 Å². The van der Waals surface area contributed by atoms with Crippen LogP contribution in [-0.2, 0) is 5.79 Å². The Morgan fingerprint density at radius 3 is 1.81 bits per heavy atom. The molecular weight excluding hydrogens is 323 g/mol. The maximum absolute atomic E-state index is 11.4. The summed E-state index contributed by atoms with van der Waals surface area (Å²) in [6.07, 6.45) is 0. The fourth-order valence-electron chi connectivity index (χ4n) is 3.10. The number of benzene rings is 3. The van der Waals surface area contributed by atoms with Gasteiger partial charge in [0, 0.05) is 11.1 Å². The number of hydrogen-bond donors (Lipinski definition) is 1. The number of carboxylic acid groups (broad SMARTS) is 1. The summed E-state index contributed by atoms with van der Waals surface area (Å²) in [5.74, 6) is -1.15. The van der Waals surface area contributed by atoms with Gasteiger partial charge in [-0.15, -0.1) is 0 Å². The van der Waals surface area contributed by atoms with E-state index in [4.69, 9.17) is 9.47 Å². The Labute approximate surface area is 165 Å². The zero-order valence-electron chi connectivity index (χ0n) is 15.6. The molecule has 1 aliphatic rings. The monoisotopic (exact) mass is 340 g/mol. The van der Waals surface area contributed by atoms with E-state index in [0.29, 0.717) is 17.1 Å². The molecule has 0 bridgehead atoms. The van der Waals surface area contributed by atoms with Crippen LogP contribution >= 0.6 is 0 Å². The fourth-order valence-corrected chi connectivity index (χ4v) is 3.10. The number of rotatable bonds is 3. The molecule has 0 amide bonds. The standard InChI is InChI=1S/C21H16O4.Li.H/c1-14-12-18-19(13-17(14)20(22)23)25-21(24-18,15-8-4-2-5-9-15)16-10-6-3-7-11-16;;/h2-13H,1H3,(H,22,23);;/q;+1;-1. The first-order chi connectivity index (χ1) is 12.1. The maximum atomic E-state index is 11.4. The van der Waals surface area contributed by atoms with E-state index in [-0.39, 0.29) is 25.9 Å². The maximum Gasteiger partial charge on any atom is 1.00 e. The summed E-state index contributed by atoms with van der Waals surface area (Å²) in [5, 5.41) is 9.36. The first-order valence-corrected chi connectivity index (χ1v) is 7.97. The molecule has 5 heteroatoms. The third-order valence-electron chi connectivity index (χ3n) is 4.34. The molecule has 0 saturated carbocycles. The number of carbonyl (C=O) groups is 1. The molecule has 0 aliphatic carbocycles. The van der Waals surface area contributed by atoms with E-state index in [9.17, 15) is 9.90 Å². The first kappa shape index (κ1) is 18.1. The van der Waals surface area contributed by atoms with Crippen LogP contribution in [0.15, 0.2) is 72.8 Å². The second kappa shape index (κ2) is 6.91. The van der Waals surface area contributed by atoms with Crippen LogP contribution in [0.25, 0.3) is 0 Å². The van der Waals surface area contributed by atoms with Crippen LogP contribution in [0.2, 0.25) is 0 Å². The summed E-state index contributed by atoms with van der Waals surface area (Å²) in [5.41, 5.74) is 2.52. The van der Waals surface area contributed by atoms with Crippen molar-refractivity contribution < 1.29 is 39.7 Å². The molecule has 3 aromatic carbocycles. The van der Waals surface area contributed by atoms with E-state index in [1.54, 1.807) is 13.0 Å². The minimum Gasteiger partial charge on any atom is -1.00 e. The van der Waals surface area contributed by atoms with Crippen LogP contribution in [0.4, 0.5) is 0 Å². The number of aryl methyl sites for hydroxylation is 1. The first-order valence-electron chi connectivity index (χ1n) is 7.97. The second-order valence-electron chi connectivity index (χ2n) is 5.97. The van der Waals surface area contributed by atoms with Gasteiger partial charge in [0.15, 0.2) is 11.5 Å². The van der Waals surface area contributed by atoms with Crippen LogP contribution in [0.1, 0.15) is 28.5 Å². The van der Waals surface area contributed by atoms with E-state index >= 15 is 0 Å². The zero-order valence-corrected chi connectivity index (χ0v) is 14.6. The van der Waals surface area contributed by atoms with Crippen LogP contribution in [0.3, 0.4) is 0 Å². The van der Waals surface area contributed by atoms with Gasteiger partial charge in [0.2, 0.25) is 0 Å². The van der Waals surface area contributed by atoms with Gasteiger partial charge in [0.05, 0.1) is 5.56 Å².